The number of carbonyl (C=O) groups is 1. The van der Waals surface area contributed by atoms with E-state index >= 15 is 0 Å². The van der Waals surface area contributed by atoms with Crippen molar-refractivity contribution in [3.63, 3.8) is 0 Å². The van der Waals surface area contributed by atoms with Crippen LogP contribution in [0.5, 0.6) is 0 Å². The van der Waals surface area contributed by atoms with Crippen LogP contribution in [0, 0.1) is 5.41 Å². The molecule has 0 radical (unpaired) electrons. The molecule has 0 bridgehead atoms. The molecule has 0 atom stereocenters. The Morgan fingerprint density at radius 2 is 2.00 bits per heavy atom. The lowest BCUT2D eigenvalue weighted by atomic mass is 9.99. The summed E-state index contributed by atoms with van der Waals surface area (Å²) in [6.07, 6.45) is 5.51. The summed E-state index contributed by atoms with van der Waals surface area (Å²) < 4.78 is 0. The van der Waals surface area contributed by atoms with Crippen molar-refractivity contribution < 1.29 is 15.0 Å². The average Bonchev–Trinajstić information content (AvgIpc) is 2.91. The molecule has 1 aliphatic carbocycles. The molecule has 82 valence electrons. The quantitative estimate of drug-likeness (QED) is 0.548. The van der Waals surface area contributed by atoms with Crippen LogP contribution < -0.4 is 5.32 Å². The SMILES string of the molecule is O=C(O)NCCCCCC1(CO)CC1. The van der Waals surface area contributed by atoms with Crippen molar-refractivity contribution in [1.29, 1.82) is 0 Å². The predicted molar refractivity (Wildman–Crippen MR) is 53.2 cm³/mol. The van der Waals surface area contributed by atoms with E-state index in [9.17, 15) is 4.79 Å². The molecule has 0 heterocycles. The number of aliphatic hydroxyl groups excluding tert-OH is 1. The largest absolute Gasteiger partial charge is 0.465 e. The van der Waals surface area contributed by atoms with Gasteiger partial charge in [-0.25, -0.2) is 4.79 Å². The normalized spacial score (nSPS) is 17.8. The minimum absolute atomic E-state index is 0.250. The van der Waals surface area contributed by atoms with Gasteiger partial charge in [0.25, 0.3) is 0 Å². The molecule has 0 aromatic rings. The smallest absolute Gasteiger partial charge is 0.404 e. The topological polar surface area (TPSA) is 69.6 Å². The second-order valence-corrected chi connectivity index (χ2v) is 4.20. The first-order chi connectivity index (χ1) is 6.68. The van der Waals surface area contributed by atoms with Gasteiger partial charge in [0.15, 0.2) is 0 Å². The third-order valence-electron chi connectivity index (χ3n) is 2.95. The molecule has 0 unspecified atom stereocenters. The Morgan fingerprint density at radius 1 is 1.29 bits per heavy atom. The molecule has 0 aromatic carbocycles. The first-order valence-electron chi connectivity index (χ1n) is 5.26. The van der Waals surface area contributed by atoms with Crippen molar-refractivity contribution in [2.45, 2.75) is 38.5 Å². The molecule has 0 saturated heterocycles. The number of amides is 1. The monoisotopic (exact) mass is 201 g/mol. The van der Waals surface area contributed by atoms with E-state index in [4.69, 9.17) is 10.2 Å². The van der Waals surface area contributed by atoms with Crippen molar-refractivity contribution in [3.05, 3.63) is 0 Å². The number of carboxylic acid groups (broad SMARTS) is 1. The minimum atomic E-state index is -0.945. The number of nitrogens with one attached hydrogen (secondary N) is 1. The standard InChI is InChI=1S/C10H19NO3/c12-8-10(5-6-10)4-2-1-3-7-11-9(13)14/h11-12H,1-8H2,(H,13,14). The highest BCUT2D eigenvalue weighted by atomic mass is 16.4. The lowest BCUT2D eigenvalue weighted by molar-refractivity contribution is 0.193. The van der Waals surface area contributed by atoms with E-state index < -0.39 is 6.09 Å². The Bertz CT molecular complexity index is 190. The molecule has 1 amide bonds. The maximum Gasteiger partial charge on any atom is 0.404 e. The Morgan fingerprint density at radius 3 is 2.50 bits per heavy atom. The Kier molecular flexibility index (Phi) is 4.20. The van der Waals surface area contributed by atoms with E-state index in [1.807, 2.05) is 0 Å². The maximum absolute atomic E-state index is 10.1. The fraction of sp³-hybridized carbons (Fsp3) is 0.900. The molecule has 1 aliphatic rings. The van der Waals surface area contributed by atoms with E-state index in [1.54, 1.807) is 0 Å². The van der Waals surface area contributed by atoms with Crippen LogP contribution in [0.3, 0.4) is 0 Å². The van der Waals surface area contributed by atoms with Gasteiger partial charge in [0.2, 0.25) is 0 Å². The molecule has 0 aliphatic heterocycles. The highest BCUT2D eigenvalue weighted by molar-refractivity contribution is 5.64. The first-order valence-corrected chi connectivity index (χ1v) is 5.26. The number of unbranched alkanes of at least 4 members (excludes halogenated alkanes) is 2. The number of aliphatic hydroxyl groups is 1. The summed E-state index contributed by atoms with van der Waals surface area (Å²) in [6.45, 7) is 0.863. The maximum atomic E-state index is 10.1. The molecule has 4 heteroatoms. The van der Waals surface area contributed by atoms with Gasteiger partial charge < -0.3 is 15.5 Å². The summed E-state index contributed by atoms with van der Waals surface area (Å²) in [5.74, 6) is 0. The molecule has 1 saturated carbocycles. The molecule has 1 rings (SSSR count). The highest BCUT2D eigenvalue weighted by Crippen LogP contribution is 2.49. The van der Waals surface area contributed by atoms with Crippen LogP contribution in [0.25, 0.3) is 0 Å². The average molecular weight is 201 g/mol. The molecular weight excluding hydrogens is 182 g/mol. The fourth-order valence-electron chi connectivity index (χ4n) is 1.66. The Balaban J connectivity index is 1.87. The number of rotatable bonds is 7. The lowest BCUT2D eigenvalue weighted by Crippen LogP contribution is -2.21. The molecule has 4 nitrogen and oxygen atoms in total. The van der Waals surface area contributed by atoms with Crippen LogP contribution in [0.15, 0.2) is 0 Å². The van der Waals surface area contributed by atoms with Crippen LogP contribution in [-0.2, 0) is 0 Å². The zero-order chi connectivity index (χ0) is 10.4. The highest BCUT2D eigenvalue weighted by Gasteiger charge is 2.40. The summed E-state index contributed by atoms with van der Waals surface area (Å²) >= 11 is 0. The zero-order valence-corrected chi connectivity index (χ0v) is 8.46. The zero-order valence-electron chi connectivity index (χ0n) is 8.46. The van der Waals surface area contributed by atoms with Gasteiger partial charge in [0.1, 0.15) is 0 Å². The molecule has 14 heavy (non-hydrogen) atoms. The Labute approximate surface area is 84.3 Å². The summed E-state index contributed by atoms with van der Waals surface area (Å²) in [4.78, 5) is 10.1. The van der Waals surface area contributed by atoms with E-state index in [2.05, 4.69) is 5.32 Å². The van der Waals surface area contributed by atoms with Gasteiger partial charge in [0, 0.05) is 13.2 Å². The van der Waals surface area contributed by atoms with Gasteiger partial charge in [-0.05, 0) is 31.1 Å². The lowest BCUT2D eigenvalue weighted by Gasteiger charge is -2.10. The van der Waals surface area contributed by atoms with Crippen LogP contribution in [0.2, 0.25) is 0 Å². The number of hydrogen-bond donors (Lipinski definition) is 3. The molecule has 1 fully saturated rings. The summed E-state index contributed by atoms with van der Waals surface area (Å²) in [5.41, 5.74) is 0.250. The minimum Gasteiger partial charge on any atom is -0.465 e. The second-order valence-electron chi connectivity index (χ2n) is 4.20. The van der Waals surface area contributed by atoms with Gasteiger partial charge >= 0.3 is 6.09 Å². The van der Waals surface area contributed by atoms with Crippen molar-refractivity contribution in [1.82, 2.24) is 5.32 Å². The van der Waals surface area contributed by atoms with Crippen LogP contribution >= 0.6 is 0 Å². The molecule has 0 spiro atoms. The van der Waals surface area contributed by atoms with Crippen LogP contribution in [0.4, 0.5) is 4.79 Å². The number of hydrogen-bond acceptors (Lipinski definition) is 2. The Hall–Kier alpha value is -0.770. The second kappa shape index (κ2) is 5.20. The van der Waals surface area contributed by atoms with Gasteiger partial charge in [-0.3, -0.25) is 0 Å². The van der Waals surface area contributed by atoms with Gasteiger partial charge in [-0.15, -0.1) is 0 Å². The van der Waals surface area contributed by atoms with Crippen molar-refractivity contribution >= 4 is 6.09 Å². The van der Waals surface area contributed by atoms with E-state index in [0.717, 1.165) is 38.5 Å². The van der Waals surface area contributed by atoms with Crippen molar-refractivity contribution in [2.24, 2.45) is 5.41 Å². The molecule has 3 N–H and O–H groups in total. The molecular formula is C10H19NO3. The summed E-state index contributed by atoms with van der Waals surface area (Å²) in [5, 5.41) is 19.7. The van der Waals surface area contributed by atoms with E-state index in [-0.39, 0.29) is 5.41 Å². The first kappa shape index (κ1) is 11.3. The van der Waals surface area contributed by atoms with Crippen LogP contribution in [0.1, 0.15) is 38.5 Å². The van der Waals surface area contributed by atoms with E-state index in [0.29, 0.717) is 13.2 Å². The van der Waals surface area contributed by atoms with Crippen molar-refractivity contribution in [2.75, 3.05) is 13.2 Å². The van der Waals surface area contributed by atoms with E-state index in [1.165, 1.54) is 0 Å². The fourth-order valence-corrected chi connectivity index (χ4v) is 1.66. The van der Waals surface area contributed by atoms with Crippen LogP contribution in [-0.4, -0.2) is 29.5 Å². The predicted octanol–water partition coefficient (Wildman–Crippen LogP) is 1.59. The third kappa shape index (κ3) is 3.96. The molecule has 0 aromatic heterocycles. The summed E-state index contributed by atoms with van der Waals surface area (Å²) in [6, 6.07) is 0. The third-order valence-corrected chi connectivity index (χ3v) is 2.95. The van der Waals surface area contributed by atoms with Crippen molar-refractivity contribution in [3.8, 4) is 0 Å². The van der Waals surface area contributed by atoms with Gasteiger partial charge in [-0.2, -0.15) is 0 Å². The summed E-state index contributed by atoms with van der Waals surface area (Å²) in [7, 11) is 0. The van der Waals surface area contributed by atoms with Gasteiger partial charge in [0.05, 0.1) is 0 Å². The van der Waals surface area contributed by atoms with Gasteiger partial charge in [-0.1, -0.05) is 12.8 Å².